The van der Waals surface area contributed by atoms with E-state index >= 15 is 0 Å². The van der Waals surface area contributed by atoms with E-state index in [9.17, 15) is 0 Å². The number of nitrogens with two attached hydrogens (primary N) is 1. The summed E-state index contributed by atoms with van der Waals surface area (Å²) < 4.78 is 37.8. The quantitative estimate of drug-likeness (QED) is 0.114. The van der Waals surface area contributed by atoms with E-state index in [1.807, 2.05) is 24.3 Å². The summed E-state index contributed by atoms with van der Waals surface area (Å²) in [5.74, 6) is 0.806. The van der Waals surface area contributed by atoms with E-state index in [4.69, 9.17) is 44.4 Å². The fourth-order valence-electron chi connectivity index (χ4n) is 2.29. The van der Waals surface area contributed by atoms with Gasteiger partial charge in [-0.05, 0) is 23.2 Å². The van der Waals surface area contributed by atoms with Gasteiger partial charge in [0.2, 0.25) is 0 Å². The van der Waals surface area contributed by atoms with E-state index in [-0.39, 0.29) is 0 Å². The van der Waals surface area contributed by atoms with Crippen LogP contribution in [0.3, 0.4) is 0 Å². The molecule has 0 aliphatic carbocycles. The molecule has 0 amide bonds. The van der Waals surface area contributed by atoms with Gasteiger partial charge < -0.3 is 38.9 Å². The average molecular weight is 457 g/mol. The molecule has 0 unspecified atom stereocenters. The first-order valence-electron chi connectivity index (χ1n) is 10.8. The van der Waals surface area contributed by atoms with Crippen LogP contribution < -0.4 is 10.5 Å². The molecule has 182 valence electrons. The van der Waals surface area contributed by atoms with Crippen molar-refractivity contribution in [2.45, 2.75) is 6.54 Å². The van der Waals surface area contributed by atoms with Crippen molar-refractivity contribution in [2.75, 3.05) is 92.4 Å². The Morgan fingerprint density at radius 2 is 1.03 bits per heavy atom. The molecule has 1 rings (SSSR count). The van der Waals surface area contributed by atoms with Crippen LogP contribution in [0.15, 0.2) is 29.4 Å². The van der Waals surface area contributed by atoms with Crippen LogP contribution in [0.5, 0.6) is 5.75 Å². The van der Waals surface area contributed by atoms with Crippen molar-refractivity contribution in [3.8, 4) is 5.75 Å². The molecule has 0 aliphatic heterocycles. The zero-order valence-electron chi connectivity index (χ0n) is 18.7. The Morgan fingerprint density at radius 1 is 0.625 bits per heavy atom. The minimum atomic E-state index is 0.333. The molecule has 0 radical (unpaired) electrons. The highest BCUT2D eigenvalue weighted by molar-refractivity contribution is 5.26. The third-order valence-corrected chi connectivity index (χ3v) is 3.91. The number of ether oxygens (including phenoxy) is 7. The number of hydrogen-bond donors (Lipinski definition) is 1. The Morgan fingerprint density at radius 3 is 1.44 bits per heavy atom. The lowest BCUT2D eigenvalue weighted by Gasteiger charge is -2.09. The molecule has 0 atom stereocenters. The molecule has 0 saturated heterocycles. The van der Waals surface area contributed by atoms with Crippen LogP contribution in [-0.4, -0.2) is 92.4 Å². The van der Waals surface area contributed by atoms with Gasteiger partial charge in [0.1, 0.15) is 12.4 Å². The maximum atomic E-state index is 8.10. The van der Waals surface area contributed by atoms with Gasteiger partial charge in [0.15, 0.2) is 0 Å². The van der Waals surface area contributed by atoms with Crippen LogP contribution in [0.25, 0.3) is 10.4 Å². The molecule has 0 saturated carbocycles. The van der Waals surface area contributed by atoms with Crippen LogP contribution in [-0.2, 0) is 35.0 Å². The number of azide groups is 1. The van der Waals surface area contributed by atoms with Crippen LogP contribution in [0.1, 0.15) is 5.56 Å². The summed E-state index contributed by atoms with van der Waals surface area (Å²) >= 11 is 0. The van der Waals surface area contributed by atoms with Crippen LogP contribution in [0.4, 0.5) is 0 Å². The fraction of sp³-hybridized carbons (Fsp3) is 0.714. The van der Waals surface area contributed by atoms with Gasteiger partial charge in [-0.2, -0.15) is 0 Å². The first-order valence-corrected chi connectivity index (χ1v) is 10.8. The average Bonchev–Trinajstić information content (AvgIpc) is 2.82. The normalized spacial score (nSPS) is 10.8. The van der Waals surface area contributed by atoms with Crippen LogP contribution in [0, 0.1) is 0 Å². The standard InChI is InChI=1S/C21H36N4O7/c22-19-20-1-3-21(4-2-20)32-18-17-31-16-15-30-14-13-29-12-11-28-10-9-27-8-7-26-6-5-24-25-23/h1-4H,5-19,22H2. The smallest absolute Gasteiger partial charge is 0.119 e. The molecule has 11 heteroatoms. The molecule has 1 aromatic carbocycles. The van der Waals surface area contributed by atoms with E-state index in [1.54, 1.807) is 0 Å². The van der Waals surface area contributed by atoms with Gasteiger partial charge in [0.05, 0.1) is 79.3 Å². The van der Waals surface area contributed by atoms with Gasteiger partial charge in [-0.15, -0.1) is 0 Å². The van der Waals surface area contributed by atoms with E-state index in [0.29, 0.717) is 99.0 Å². The van der Waals surface area contributed by atoms with E-state index in [0.717, 1.165) is 11.3 Å². The second-order valence-corrected chi connectivity index (χ2v) is 6.33. The zero-order valence-corrected chi connectivity index (χ0v) is 18.7. The minimum absolute atomic E-state index is 0.333. The molecule has 0 aromatic heterocycles. The molecule has 0 bridgehead atoms. The molecule has 0 aliphatic rings. The van der Waals surface area contributed by atoms with E-state index in [1.165, 1.54) is 0 Å². The molecule has 0 fully saturated rings. The number of benzene rings is 1. The topological polar surface area (TPSA) is 139 Å². The van der Waals surface area contributed by atoms with Crippen molar-refractivity contribution < 1.29 is 33.2 Å². The highest BCUT2D eigenvalue weighted by atomic mass is 16.6. The van der Waals surface area contributed by atoms with Gasteiger partial charge in [-0.1, -0.05) is 17.2 Å². The molecule has 11 nitrogen and oxygen atoms in total. The number of nitrogens with zero attached hydrogens (tertiary/aromatic N) is 3. The summed E-state index contributed by atoms with van der Waals surface area (Å²) in [5, 5.41) is 3.36. The first kappa shape index (κ1) is 28.1. The first-order chi connectivity index (χ1) is 15.9. The summed E-state index contributed by atoms with van der Waals surface area (Å²) in [4.78, 5) is 2.64. The molecule has 0 heterocycles. The molecular weight excluding hydrogens is 420 g/mol. The summed E-state index contributed by atoms with van der Waals surface area (Å²) in [6, 6.07) is 7.70. The van der Waals surface area contributed by atoms with Gasteiger partial charge in [0, 0.05) is 18.0 Å². The molecule has 32 heavy (non-hydrogen) atoms. The van der Waals surface area contributed by atoms with E-state index < -0.39 is 0 Å². The van der Waals surface area contributed by atoms with Crippen LogP contribution in [0.2, 0.25) is 0 Å². The Kier molecular flexibility index (Phi) is 19.5. The Labute approximate surface area is 189 Å². The second kappa shape index (κ2) is 22.3. The SMILES string of the molecule is [N-]=[N+]=NCCOCCOCCOCCOCCOCCOCCOc1ccc(CN)cc1. The molecular formula is C21H36N4O7. The van der Waals surface area contributed by atoms with Gasteiger partial charge in [-0.3, -0.25) is 0 Å². The molecule has 0 spiro atoms. The summed E-state index contributed by atoms with van der Waals surface area (Å²) in [6.45, 7) is 7.24. The lowest BCUT2D eigenvalue weighted by molar-refractivity contribution is -0.0175. The van der Waals surface area contributed by atoms with Crippen molar-refractivity contribution in [1.82, 2.24) is 0 Å². The largest absolute Gasteiger partial charge is 0.491 e. The zero-order chi connectivity index (χ0) is 23.0. The maximum absolute atomic E-state index is 8.10. The monoisotopic (exact) mass is 456 g/mol. The molecule has 1 aromatic rings. The van der Waals surface area contributed by atoms with Gasteiger partial charge in [-0.25, -0.2) is 0 Å². The van der Waals surface area contributed by atoms with Crippen molar-refractivity contribution >= 4 is 0 Å². The lowest BCUT2D eigenvalue weighted by Crippen LogP contribution is -2.15. The Balaban J connectivity index is 1.71. The van der Waals surface area contributed by atoms with Crippen molar-refractivity contribution in [3.63, 3.8) is 0 Å². The lowest BCUT2D eigenvalue weighted by atomic mass is 10.2. The summed E-state index contributed by atoms with van der Waals surface area (Å²) in [5.41, 5.74) is 14.7. The van der Waals surface area contributed by atoms with Crippen LogP contribution >= 0.6 is 0 Å². The highest BCUT2D eigenvalue weighted by Gasteiger charge is 1.96. The Bertz CT molecular complexity index is 586. The minimum Gasteiger partial charge on any atom is -0.491 e. The van der Waals surface area contributed by atoms with Gasteiger partial charge in [0.25, 0.3) is 0 Å². The maximum Gasteiger partial charge on any atom is 0.119 e. The predicted octanol–water partition coefficient (Wildman–Crippen LogP) is 1.93. The fourth-order valence-corrected chi connectivity index (χ4v) is 2.29. The summed E-state index contributed by atoms with van der Waals surface area (Å²) in [7, 11) is 0. The predicted molar refractivity (Wildman–Crippen MR) is 119 cm³/mol. The summed E-state index contributed by atoms with van der Waals surface area (Å²) in [6.07, 6.45) is 0. The van der Waals surface area contributed by atoms with E-state index in [2.05, 4.69) is 10.0 Å². The highest BCUT2D eigenvalue weighted by Crippen LogP contribution is 2.11. The van der Waals surface area contributed by atoms with Gasteiger partial charge >= 0.3 is 0 Å². The third-order valence-electron chi connectivity index (χ3n) is 3.91. The second-order valence-electron chi connectivity index (χ2n) is 6.33. The third kappa shape index (κ3) is 17.7. The van der Waals surface area contributed by atoms with Crippen molar-refractivity contribution in [3.05, 3.63) is 40.3 Å². The van der Waals surface area contributed by atoms with Crippen molar-refractivity contribution in [2.24, 2.45) is 10.8 Å². The number of rotatable bonds is 23. The van der Waals surface area contributed by atoms with Crippen molar-refractivity contribution in [1.29, 1.82) is 0 Å². The Hall–Kier alpha value is -1.95. The number of hydrogen-bond acceptors (Lipinski definition) is 9. The molecule has 2 N–H and O–H groups in total.